The van der Waals surface area contributed by atoms with Crippen molar-refractivity contribution in [2.75, 3.05) is 30.2 Å². The Balaban J connectivity index is 1.13. The van der Waals surface area contributed by atoms with Crippen LogP contribution in [0.15, 0.2) is 36.9 Å². The number of benzene rings is 1. The molecule has 0 spiro atoms. The summed E-state index contributed by atoms with van der Waals surface area (Å²) in [6.45, 7) is 9.55. The molecule has 3 rings (SSSR count). The summed E-state index contributed by atoms with van der Waals surface area (Å²) in [7, 11) is -5.05. The Morgan fingerprint density at radius 2 is 1.72 bits per heavy atom. The number of nitrogens with zero attached hydrogens (tertiary/aromatic N) is 4. The molecule has 12 heteroatoms. The Morgan fingerprint density at radius 1 is 1.02 bits per heavy atom. The number of aromatic nitrogens is 4. The van der Waals surface area contributed by atoms with Gasteiger partial charge in [-0.3, -0.25) is 4.57 Å². The van der Waals surface area contributed by atoms with Gasteiger partial charge in [0.2, 0.25) is 0 Å². The van der Waals surface area contributed by atoms with Crippen LogP contribution in [-0.2, 0) is 20.4 Å². The third kappa shape index (κ3) is 13.1. The lowest BCUT2D eigenvalue weighted by atomic mass is 10.1. The van der Waals surface area contributed by atoms with Crippen LogP contribution in [0.25, 0.3) is 11.2 Å². The van der Waals surface area contributed by atoms with Crippen molar-refractivity contribution in [3.8, 4) is 11.8 Å². The summed E-state index contributed by atoms with van der Waals surface area (Å²) < 4.78 is 25.0. The van der Waals surface area contributed by atoms with Crippen LogP contribution in [0.2, 0.25) is 19.6 Å². The quantitative estimate of drug-likeness (QED) is 0.0657. The van der Waals surface area contributed by atoms with E-state index in [9.17, 15) is 9.46 Å². The number of nitrogen functional groups attached to an aromatic ring is 1. The van der Waals surface area contributed by atoms with Crippen molar-refractivity contribution >= 4 is 49.6 Å². The minimum atomic E-state index is -3.81. The highest BCUT2D eigenvalue weighted by atomic mass is 32.2. The number of hydrogen-bond donors (Lipinski definition) is 2. The molecular formula is C31H48N5O4PSSi. The first kappa shape index (κ1) is 35.3. The van der Waals surface area contributed by atoms with Crippen molar-refractivity contribution in [1.82, 2.24) is 19.5 Å². The average molecular weight is 646 g/mol. The number of fused-ring (bicyclic) bond motifs is 1. The van der Waals surface area contributed by atoms with Gasteiger partial charge in [-0.15, -0.1) is 0 Å². The summed E-state index contributed by atoms with van der Waals surface area (Å²) in [5.74, 6) is 8.67. The highest BCUT2D eigenvalue weighted by Gasteiger charge is 2.22. The van der Waals surface area contributed by atoms with Gasteiger partial charge < -0.3 is 24.5 Å². The van der Waals surface area contributed by atoms with Crippen LogP contribution in [0.3, 0.4) is 0 Å². The Bertz CT molecular complexity index is 1370. The Labute approximate surface area is 262 Å². The number of imidazole rings is 1. The summed E-state index contributed by atoms with van der Waals surface area (Å²) in [5, 5.41) is 1.48. The van der Waals surface area contributed by atoms with Crippen molar-refractivity contribution in [1.29, 1.82) is 0 Å². The summed E-state index contributed by atoms with van der Waals surface area (Å²) in [5.41, 5.74) is 8.06. The molecule has 0 radical (unpaired) electrons. The van der Waals surface area contributed by atoms with Crippen molar-refractivity contribution in [3.05, 3.63) is 42.5 Å². The molecule has 1 aromatic carbocycles. The van der Waals surface area contributed by atoms with E-state index in [-0.39, 0.29) is 19.1 Å². The lowest BCUT2D eigenvalue weighted by Crippen LogP contribution is -2.37. The van der Waals surface area contributed by atoms with Crippen molar-refractivity contribution < 1.29 is 18.7 Å². The first-order valence-corrected chi connectivity index (χ1v) is 21.6. The van der Waals surface area contributed by atoms with Crippen molar-refractivity contribution in [2.24, 2.45) is 0 Å². The lowest BCUT2D eigenvalue weighted by molar-refractivity contribution is 0.0724. The average Bonchev–Trinajstić information content (AvgIpc) is 3.37. The van der Waals surface area contributed by atoms with E-state index in [1.54, 1.807) is 22.7 Å². The molecule has 1 unspecified atom stereocenters. The molecule has 0 saturated carbocycles. The zero-order chi connectivity index (χ0) is 31.1. The molecule has 0 amide bonds. The van der Waals surface area contributed by atoms with E-state index in [0.717, 1.165) is 24.2 Å². The minimum Gasteiger partial charge on any atom is -0.382 e. The number of rotatable bonds is 19. The van der Waals surface area contributed by atoms with E-state index in [1.165, 1.54) is 50.0 Å². The Morgan fingerprint density at radius 3 is 2.44 bits per heavy atom. The Hall–Kier alpha value is -2.19. The molecule has 43 heavy (non-hydrogen) atoms. The van der Waals surface area contributed by atoms with E-state index in [2.05, 4.69) is 70.7 Å². The second-order valence-corrected chi connectivity index (χ2v) is 20.0. The standard InChI is InChI=1S/C31H48N5O4PSSi/c1-26(22-36-24-35-29-30(32)33-23-34-31(29)36)39-25-41(37,38)40-19-21-42-20-13-11-9-7-5-6-8-10-12-14-27-15-17-28(18-16-27)43(2,3)4/h15-18,23-24,26H,5-11,13,19-22,25H2,1-4H3,(H,37,38)(H2,32,33,34)/t26-/m1/s1. The summed E-state index contributed by atoms with van der Waals surface area (Å²) in [4.78, 5) is 22.5. The van der Waals surface area contributed by atoms with Crippen LogP contribution in [0, 0.1) is 11.8 Å². The maximum Gasteiger partial charge on any atom is 0.353 e. The maximum absolute atomic E-state index is 12.3. The maximum atomic E-state index is 12.3. The smallest absolute Gasteiger partial charge is 0.353 e. The van der Waals surface area contributed by atoms with Crippen LogP contribution in [0.1, 0.15) is 63.9 Å². The lowest BCUT2D eigenvalue weighted by Gasteiger charge is -2.17. The third-order valence-corrected chi connectivity index (χ3v) is 11.2. The van der Waals surface area contributed by atoms with Crippen LogP contribution in [0.5, 0.6) is 0 Å². The number of nitrogens with two attached hydrogens (primary N) is 1. The predicted octanol–water partition coefficient (Wildman–Crippen LogP) is 6.42. The molecular weight excluding hydrogens is 597 g/mol. The number of hydrogen-bond acceptors (Lipinski definition) is 8. The monoisotopic (exact) mass is 645 g/mol. The highest BCUT2D eigenvalue weighted by molar-refractivity contribution is 7.99. The summed E-state index contributed by atoms with van der Waals surface area (Å²) >= 11 is 1.76. The van der Waals surface area contributed by atoms with Gasteiger partial charge in [0.1, 0.15) is 18.2 Å². The molecule has 0 aliphatic heterocycles. The minimum absolute atomic E-state index is 0.227. The van der Waals surface area contributed by atoms with E-state index in [4.69, 9.17) is 15.0 Å². The normalized spacial score (nSPS) is 13.9. The first-order valence-electron chi connectivity index (χ1n) is 15.2. The van der Waals surface area contributed by atoms with Gasteiger partial charge in [0.25, 0.3) is 0 Å². The Kier molecular flexibility index (Phi) is 14.7. The van der Waals surface area contributed by atoms with Crippen LogP contribution >= 0.6 is 19.4 Å². The largest absolute Gasteiger partial charge is 0.382 e. The predicted molar refractivity (Wildman–Crippen MR) is 181 cm³/mol. The van der Waals surface area contributed by atoms with Gasteiger partial charge in [-0.1, -0.05) is 80.9 Å². The fraction of sp³-hybridized carbons (Fsp3) is 0.581. The first-order chi connectivity index (χ1) is 20.5. The number of ether oxygens (including phenoxy) is 1. The van der Waals surface area contributed by atoms with Gasteiger partial charge >= 0.3 is 7.60 Å². The van der Waals surface area contributed by atoms with Crippen LogP contribution in [0.4, 0.5) is 5.82 Å². The molecule has 2 aromatic heterocycles. The molecule has 0 bridgehead atoms. The molecule has 3 aromatic rings. The number of thioether (sulfide) groups is 1. The second-order valence-electron chi connectivity index (χ2n) is 11.9. The molecule has 0 aliphatic carbocycles. The van der Waals surface area contributed by atoms with Crippen LogP contribution < -0.4 is 10.9 Å². The molecule has 2 heterocycles. The van der Waals surface area contributed by atoms with Gasteiger partial charge in [0.15, 0.2) is 11.5 Å². The van der Waals surface area contributed by atoms with Crippen molar-refractivity contribution in [3.63, 3.8) is 0 Å². The molecule has 0 saturated heterocycles. The van der Waals surface area contributed by atoms with Gasteiger partial charge in [-0.2, -0.15) is 11.8 Å². The molecule has 236 valence electrons. The zero-order valence-electron chi connectivity index (χ0n) is 26.1. The molecule has 2 atom stereocenters. The number of anilines is 1. The highest BCUT2D eigenvalue weighted by Crippen LogP contribution is 2.42. The number of unbranched alkanes of at least 4 members (excludes halogenated alkanes) is 7. The van der Waals surface area contributed by atoms with Gasteiger partial charge in [-0.25, -0.2) is 15.0 Å². The topological polar surface area (TPSA) is 125 Å². The fourth-order valence-corrected chi connectivity index (χ4v) is 7.48. The molecule has 0 fully saturated rings. The molecule has 3 N–H and O–H groups in total. The van der Waals surface area contributed by atoms with Gasteiger partial charge in [0.05, 0.1) is 33.7 Å². The van der Waals surface area contributed by atoms with E-state index < -0.39 is 15.7 Å². The van der Waals surface area contributed by atoms with Crippen molar-refractivity contribution in [2.45, 2.75) is 90.6 Å². The zero-order valence-corrected chi connectivity index (χ0v) is 28.8. The third-order valence-electron chi connectivity index (χ3n) is 7.00. The van der Waals surface area contributed by atoms with Crippen LogP contribution in [-0.4, -0.2) is 63.1 Å². The summed E-state index contributed by atoms with van der Waals surface area (Å²) in [6, 6.07) is 8.82. The fourth-order valence-electron chi connectivity index (χ4n) is 4.48. The molecule has 0 aliphatic rings. The van der Waals surface area contributed by atoms with Gasteiger partial charge in [-0.05, 0) is 37.7 Å². The van der Waals surface area contributed by atoms with E-state index >= 15 is 0 Å². The van der Waals surface area contributed by atoms with E-state index in [0.29, 0.717) is 29.3 Å². The van der Waals surface area contributed by atoms with E-state index in [1.807, 2.05) is 6.92 Å². The SMILES string of the molecule is C[C@H](Cn1cnc2c(N)ncnc21)OCP(=O)(O)OCCSCCCCCCCCCC#Cc1ccc([Si](C)(C)C)cc1. The van der Waals surface area contributed by atoms with Gasteiger partial charge in [0, 0.05) is 17.7 Å². The summed E-state index contributed by atoms with van der Waals surface area (Å²) in [6.07, 6.45) is 11.8. The second kappa shape index (κ2) is 17.9. The molecule has 9 nitrogen and oxygen atoms in total.